The minimum atomic E-state index is 0.242. The van der Waals surface area contributed by atoms with E-state index < -0.39 is 0 Å². The van der Waals surface area contributed by atoms with Crippen LogP contribution in [0.5, 0.6) is 0 Å². The zero-order valence-electron chi connectivity index (χ0n) is 26.6. The van der Waals surface area contributed by atoms with Crippen molar-refractivity contribution in [3.05, 3.63) is 46.8 Å². The number of aliphatic hydroxyl groups is 1. The second kappa shape index (κ2) is 11.3. The maximum absolute atomic E-state index is 9.20. The number of hydrogen-bond donors (Lipinski definition) is 3. The number of nitrogen functional groups attached to an aromatic ring is 2. The van der Waals surface area contributed by atoms with Crippen molar-refractivity contribution in [2.45, 2.75) is 27.7 Å². The quantitative estimate of drug-likeness (QED) is 0.318. The van der Waals surface area contributed by atoms with Crippen LogP contribution in [-0.4, -0.2) is 120 Å². The SMILES string of the molecule is Cc1ccc2c(N)c(N3CC[N+](C)(C)CC3)nn2c1C.Cc1ccc2c(N)c(N3CC[N+](C)(CCO)CC3)nn2c1C. The van der Waals surface area contributed by atoms with Crippen LogP contribution in [0.3, 0.4) is 0 Å². The molecule has 0 radical (unpaired) electrons. The Hall–Kier alpha value is -3.54. The van der Waals surface area contributed by atoms with E-state index in [1.807, 2.05) is 15.1 Å². The molecule has 0 aliphatic carbocycles. The largest absolute Gasteiger partial charge is 0.394 e. The van der Waals surface area contributed by atoms with E-state index in [0.717, 1.165) is 113 Å². The fraction of sp³-hybridized carbons (Fsp3) is 0.548. The van der Waals surface area contributed by atoms with E-state index in [9.17, 15) is 5.11 Å². The number of nitrogens with two attached hydrogens (primary N) is 2. The molecule has 11 heteroatoms. The number of hydrogen-bond acceptors (Lipinski definition) is 7. The van der Waals surface area contributed by atoms with Crippen LogP contribution in [0.15, 0.2) is 24.3 Å². The van der Waals surface area contributed by atoms with E-state index in [2.05, 4.69) is 76.8 Å². The predicted molar refractivity (Wildman–Crippen MR) is 172 cm³/mol. The van der Waals surface area contributed by atoms with Crippen molar-refractivity contribution in [2.75, 3.05) is 108 Å². The van der Waals surface area contributed by atoms with Gasteiger partial charge in [0.2, 0.25) is 0 Å². The summed E-state index contributed by atoms with van der Waals surface area (Å²) in [6.07, 6.45) is 0. The first-order valence-electron chi connectivity index (χ1n) is 15.1. The summed E-state index contributed by atoms with van der Waals surface area (Å²) in [6.45, 7) is 17.5. The molecule has 0 aromatic carbocycles. The van der Waals surface area contributed by atoms with Gasteiger partial charge < -0.3 is 35.3 Å². The van der Waals surface area contributed by atoms with Gasteiger partial charge in [0.1, 0.15) is 17.9 Å². The number of rotatable bonds is 4. The third kappa shape index (κ3) is 5.60. The lowest BCUT2D eigenvalue weighted by molar-refractivity contribution is -0.910. The summed E-state index contributed by atoms with van der Waals surface area (Å²) < 4.78 is 5.92. The molecule has 0 atom stereocenters. The topological polar surface area (TPSA) is 113 Å². The first-order chi connectivity index (χ1) is 19.8. The van der Waals surface area contributed by atoms with E-state index in [-0.39, 0.29) is 6.61 Å². The lowest BCUT2D eigenvalue weighted by Gasteiger charge is -2.41. The van der Waals surface area contributed by atoms with Gasteiger partial charge in [-0.05, 0) is 51.0 Å². The van der Waals surface area contributed by atoms with Gasteiger partial charge in [0.05, 0.1) is 91.1 Å². The minimum Gasteiger partial charge on any atom is -0.394 e. The number of anilines is 4. The number of piperazine rings is 2. The van der Waals surface area contributed by atoms with E-state index in [0.29, 0.717) is 0 Å². The smallest absolute Gasteiger partial charge is 0.175 e. The van der Waals surface area contributed by atoms with Crippen LogP contribution in [0.1, 0.15) is 22.5 Å². The zero-order chi connectivity index (χ0) is 30.4. The highest BCUT2D eigenvalue weighted by atomic mass is 16.3. The van der Waals surface area contributed by atoms with E-state index in [1.165, 1.54) is 11.1 Å². The molecular weight excluding hydrogens is 528 g/mol. The molecule has 2 aliphatic rings. The standard InChI is InChI=1S/C16H26N5O.C15H24N5/c1-12-4-5-14-15(17)16(18-20(14)13(12)2)19-6-8-21(3,9-7-19)10-11-22;1-11-5-6-13-14(16)15(17-19(13)12(11)2)18-7-9-20(3,4)10-8-18/h4-5,22H,6-11,17H2,1-3H3;5-6H,7-10,16H2,1-4H3/q2*+1. The molecular formula is C31H50N10O+2. The van der Waals surface area contributed by atoms with Crippen molar-refractivity contribution >= 4 is 34.0 Å². The lowest BCUT2D eigenvalue weighted by Crippen LogP contribution is -2.58. The van der Waals surface area contributed by atoms with E-state index in [4.69, 9.17) is 21.7 Å². The van der Waals surface area contributed by atoms with Gasteiger partial charge in [-0.25, -0.2) is 9.03 Å². The normalized spacial score (nSPS) is 18.4. The van der Waals surface area contributed by atoms with Crippen molar-refractivity contribution in [1.82, 2.24) is 19.2 Å². The Morgan fingerprint density at radius 1 is 0.690 bits per heavy atom. The predicted octanol–water partition coefficient (Wildman–Crippen LogP) is 2.22. The average molecular weight is 579 g/mol. The van der Waals surface area contributed by atoms with Gasteiger partial charge in [0, 0.05) is 11.4 Å². The van der Waals surface area contributed by atoms with Crippen LogP contribution >= 0.6 is 0 Å². The molecule has 228 valence electrons. The lowest BCUT2D eigenvalue weighted by atomic mass is 10.2. The molecule has 6 rings (SSSR count). The first-order valence-corrected chi connectivity index (χ1v) is 15.1. The molecule has 6 heterocycles. The molecule has 4 aromatic rings. The Balaban J connectivity index is 0.000000169. The highest BCUT2D eigenvalue weighted by Gasteiger charge is 2.31. The molecule has 2 fully saturated rings. The van der Waals surface area contributed by atoms with Crippen LogP contribution in [-0.2, 0) is 0 Å². The number of aryl methyl sites for hydroxylation is 4. The van der Waals surface area contributed by atoms with Crippen LogP contribution < -0.4 is 21.3 Å². The molecule has 0 unspecified atom stereocenters. The number of fused-ring (bicyclic) bond motifs is 2. The third-order valence-corrected chi connectivity index (χ3v) is 9.65. The molecule has 0 amide bonds. The highest BCUT2D eigenvalue weighted by molar-refractivity contribution is 5.82. The van der Waals surface area contributed by atoms with Crippen LogP contribution in [0.4, 0.5) is 23.0 Å². The fourth-order valence-electron chi connectivity index (χ4n) is 5.99. The van der Waals surface area contributed by atoms with Crippen molar-refractivity contribution < 1.29 is 14.1 Å². The summed E-state index contributed by atoms with van der Waals surface area (Å²) in [6, 6.07) is 8.32. The van der Waals surface area contributed by atoms with Crippen LogP contribution in [0, 0.1) is 27.7 Å². The number of aliphatic hydroxyl groups excluding tert-OH is 1. The Morgan fingerprint density at radius 3 is 1.50 bits per heavy atom. The summed E-state index contributed by atoms with van der Waals surface area (Å²) >= 11 is 0. The Bertz CT molecular complexity index is 1570. The van der Waals surface area contributed by atoms with Crippen molar-refractivity contribution in [1.29, 1.82) is 0 Å². The Labute approximate surface area is 249 Å². The van der Waals surface area contributed by atoms with Gasteiger partial charge in [-0.1, -0.05) is 12.1 Å². The van der Waals surface area contributed by atoms with Crippen molar-refractivity contribution in [3.8, 4) is 0 Å². The maximum atomic E-state index is 9.20. The van der Waals surface area contributed by atoms with Crippen molar-refractivity contribution in [2.24, 2.45) is 0 Å². The molecule has 2 aliphatic heterocycles. The molecule has 0 bridgehead atoms. The van der Waals surface area contributed by atoms with Gasteiger partial charge in [0.25, 0.3) is 0 Å². The maximum Gasteiger partial charge on any atom is 0.175 e. The molecule has 11 nitrogen and oxygen atoms in total. The molecule has 0 spiro atoms. The summed E-state index contributed by atoms with van der Waals surface area (Å²) in [7, 11) is 6.75. The first kappa shape index (κ1) is 29.9. The third-order valence-electron chi connectivity index (χ3n) is 9.65. The summed E-state index contributed by atoms with van der Waals surface area (Å²) in [5.74, 6) is 1.84. The number of pyridine rings is 2. The average Bonchev–Trinajstić information content (AvgIpc) is 3.47. The van der Waals surface area contributed by atoms with Crippen LogP contribution in [0.25, 0.3) is 11.0 Å². The molecule has 0 saturated carbocycles. The fourth-order valence-corrected chi connectivity index (χ4v) is 5.99. The van der Waals surface area contributed by atoms with Gasteiger partial charge in [-0.3, -0.25) is 0 Å². The highest BCUT2D eigenvalue weighted by Crippen LogP contribution is 2.31. The number of aromatic nitrogens is 4. The van der Waals surface area contributed by atoms with Gasteiger partial charge in [-0.15, -0.1) is 10.2 Å². The second-order valence-corrected chi connectivity index (χ2v) is 13.1. The number of nitrogens with zero attached hydrogens (tertiary/aromatic N) is 8. The van der Waals surface area contributed by atoms with Crippen LogP contribution in [0.2, 0.25) is 0 Å². The number of quaternary nitrogens is 2. The van der Waals surface area contributed by atoms with Gasteiger partial charge >= 0.3 is 0 Å². The Morgan fingerprint density at radius 2 is 1.10 bits per heavy atom. The summed E-state index contributed by atoms with van der Waals surface area (Å²) in [4.78, 5) is 4.59. The molecule has 4 aromatic heterocycles. The zero-order valence-corrected chi connectivity index (χ0v) is 26.6. The minimum absolute atomic E-state index is 0.242. The van der Waals surface area contributed by atoms with E-state index in [1.54, 1.807) is 0 Å². The Kier molecular flexibility index (Phi) is 8.04. The van der Waals surface area contributed by atoms with Gasteiger partial charge in [0.15, 0.2) is 11.6 Å². The summed E-state index contributed by atoms with van der Waals surface area (Å²) in [5, 5.41) is 18.7. The van der Waals surface area contributed by atoms with E-state index >= 15 is 0 Å². The second-order valence-electron chi connectivity index (χ2n) is 13.1. The molecule has 2 saturated heterocycles. The van der Waals surface area contributed by atoms with Gasteiger partial charge in [-0.2, -0.15) is 0 Å². The molecule has 5 N–H and O–H groups in total. The monoisotopic (exact) mass is 578 g/mol. The summed E-state index contributed by atoms with van der Waals surface area (Å²) in [5.41, 5.74) is 21.0. The number of likely N-dealkylation sites (N-methyl/N-ethyl adjacent to an activating group) is 2. The molecule has 42 heavy (non-hydrogen) atoms. The van der Waals surface area contributed by atoms with Crippen molar-refractivity contribution in [3.63, 3.8) is 0 Å².